The van der Waals surface area contributed by atoms with Crippen LogP contribution in [0.4, 0.5) is 5.82 Å². The fourth-order valence-corrected chi connectivity index (χ4v) is 2.84. The monoisotopic (exact) mass is 352 g/mol. The Labute approximate surface area is 151 Å². The van der Waals surface area contributed by atoms with Crippen LogP contribution in [0, 0.1) is 0 Å². The van der Waals surface area contributed by atoms with Crippen molar-refractivity contribution in [2.24, 2.45) is 0 Å². The molecule has 0 radical (unpaired) electrons. The van der Waals surface area contributed by atoms with Gasteiger partial charge in [-0.25, -0.2) is 4.79 Å². The Bertz CT molecular complexity index is 932. The van der Waals surface area contributed by atoms with Crippen molar-refractivity contribution >= 4 is 28.7 Å². The Balaban J connectivity index is 1.91. The number of hydrogen-bond acceptors (Lipinski definition) is 5. The lowest BCUT2D eigenvalue weighted by Crippen LogP contribution is -2.16. The van der Waals surface area contributed by atoms with Crippen molar-refractivity contribution in [3.05, 3.63) is 65.7 Å². The minimum absolute atomic E-state index is 0.0633. The predicted octanol–water partition coefficient (Wildman–Crippen LogP) is 3.14. The number of esters is 2. The summed E-state index contributed by atoms with van der Waals surface area (Å²) >= 11 is 0. The molecule has 0 aliphatic carbocycles. The molecule has 0 saturated carbocycles. The van der Waals surface area contributed by atoms with Gasteiger partial charge < -0.3 is 19.8 Å². The zero-order valence-corrected chi connectivity index (χ0v) is 14.5. The minimum Gasteiger partial charge on any atom is -0.465 e. The van der Waals surface area contributed by atoms with E-state index in [-0.39, 0.29) is 31.1 Å². The van der Waals surface area contributed by atoms with Gasteiger partial charge in [-0.15, -0.1) is 0 Å². The Hall–Kier alpha value is -3.28. The molecule has 2 aromatic carbocycles. The van der Waals surface area contributed by atoms with E-state index in [1.54, 1.807) is 23.6 Å². The van der Waals surface area contributed by atoms with Crippen molar-refractivity contribution in [1.29, 1.82) is 0 Å². The van der Waals surface area contributed by atoms with Crippen LogP contribution < -0.4 is 5.73 Å². The first-order valence-electron chi connectivity index (χ1n) is 8.35. The number of para-hydroxylation sites is 1. The highest BCUT2D eigenvalue weighted by Crippen LogP contribution is 2.29. The van der Waals surface area contributed by atoms with Gasteiger partial charge >= 0.3 is 11.9 Å². The molecule has 2 N–H and O–H groups in total. The Morgan fingerprint density at radius 2 is 1.69 bits per heavy atom. The first kappa shape index (κ1) is 17.5. The maximum atomic E-state index is 12.6. The van der Waals surface area contributed by atoms with Crippen molar-refractivity contribution in [1.82, 2.24) is 4.57 Å². The fourth-order valence-electron chi connectivity index (χ4n) is 2.84. The van der Waals surface area contributed by atoms with Crippen LogP contribution >= 0.6 is 0 Å². The normalized spacial score (nSPS) is 10.7. The highest BCUT2D eigenvalue weighted by molar-refractivity contribution is 6.09. The second kappa shape index (κ2) is 7.74. The van der Waals surface area contributed by atoms with Crippen molar-refractivity contribution in [3.8, 4) is 0 Å². The van der Waals surface area contributed by atoms with Crippen LogP contribution in [0.25, 0.3) is 10.9 Å². The third-order valence-corrected chi connectivity index (χ3v) is 4.02. The highest BCUT2D eigenvalue weighted by Gasteiger charge is 2.23. The molecule has 3 rings (SSSR count). The van der Waals surface area contributed by atoms with E-state index in [0.29, 0.717) is 10.9 Å². The number of nitrogens with two attached hydrogens (primary N) is 1. The summed E-state index contributed by atoms with van der Waals surface area (Å²) < 4.78 is 12.0. The van der Waals surface area contributed by atoms with E-state index in [1.807, 2.05) is 42.5 Å². The number of benzene rings is 2. The SMILES string of the molecule is CCOC(=O)Cn1c(N)c(C(=O)OCc2ccccc2)c2ccccc21. The molecular weight excluding hydrogens is 332 g/mol. The average Bonchev–Trinajstić information content (AvgIpc) is 2.93. The lowest BCUT2D eigenvalue weighted by atomic mass is 10.1. The van der Waals surface area contributed by atoms with Gasteiger partial charge in [-0.1, -0.05) is 48.5 Å². The van der Waals surface area contributed by atoms with Gasteiger partial charge in [0.1, 0.15) is 24.5 Å². The molecular formula is C20H20N2O4. The number of hydrogen-bond donors (Lipinski definition) is 1. The van der Waals surface area contributed by atoms with Gasteiger partial charge in [0.2, 0.25) is 0 Å². The highest BCUT2D eigenvalue weighted by atomic mass is 16.5. The van der Waals surface area contributed by atoms with Crippen molar-refractivity contribution in [2.75, 3.05) is 12.3 Å². The standard InChI is InChI=1S/C20H20N2O4/c1-2-25-17(23)12-22-16-11-7-6-10-15(16)18(19(22)21)20(24)26-13-14-8-4-3-5-9-14/h3-11H,2,12-13,21H2,1H3. The first-order valence-corrected chi connectivity index (χ1v) is 8.35. The summed E-state index contributed by atoms with van der Waals surface area (Å²) in [5.41, 5.74) is 8.02. The lowest BCUT2D eigenvalue weighted by Gasteiger charge is -2.08. The number of carbonyl (C=O) groups is 2. The maximum absolute atomic E-state index is 12.6. The Morgan fingerprint density at radius 1 is 1.00 bits per heavy atom. The molecule has 0 amide bonds. The maximum Gasteiger partial charge on any atom is 0.342 e. The molecule has 0 unspecified atom stereocenters. The zero-order valence-electron chi connectivity index (χ0n) is 14.5. The molecule has 0 aliphatic rings. The zero-order chi connectivity index (χ0) is 18.5. The summed E-state index contributed by atoms with van der Waals surface area (Å²) in [6, 6.07) is 16.6. The largest absolute Gasteiger partial charge is 0.465 e. The summed E-state index contributed by atoms with van der Waals surface area (Å²) in [5, 5.41) is 0.646. The van der Waals surface area contributed by atoms with Gasteiger partial charge in [-0.2, -0.15) is 0 Å². The Morgan fingerprint density at radius 3 is 2.42 bits per heavy atom. The second-order valence-electron chi connectivity index (χ2n) is 5.73. The molecule has 1 heterocycles. The number of nitrogen functional groups attached to an aromatic ring is 1. The van der Waals surface area contributed by atoms with Crippen LogP contribution in [-0.4, -0.2) is 23.1 Å². The van der Waals surface area contributed by atoms with E-state index in [2.05, 4.69) is 0 Å². The van der Waals surface area contributed by atoms with E-state index in [4.69, 9.17) is 15.2 Å². The Kier molecular flexibility index (Phi) is 5.22. The third-order valence-electron chi connectivity index (χ3n) is 4.02. The number of ether oxygens (including phenoxy) is 2. The molecule has 3 aromatic rings. The number of carbonyl (C=O) groups excluding carboxylic acids is 2. The fraction of sp³-hybridized carbons (Fsp3) is 0.200. The molecule has 0 aliphatic heterocycles. The summed E-state index contributed by atoms with van der Waals surface area (Å²) in [4.78, 5) is 24.5. The van der Waals surface area contributed by atoms with Gasteiger partial charge in [0, 0.05) is 5.39 Å². The van der Waals surface area contributed by atoms with Crippen LogP contribution in [0.2, 0.25) is 0 Å². The molecule has 134 valence electrons. The minimum atomic E-state index is -0.523. The van der Waals surface area contributed by atoms with E-state index in [9.17, 15) is 9.59 Å². The number of anilines is 1. The molecule has 1 aromatic heterocycles. The van der Waals surface area contributed by atoms with Gasteiger partial charge in [0.05, 0.1) is 12.1 Å². The van der Waals surface area contributed by atoms with E-state index in [1.165, 1.54) is 0 Å². The molecule has 26 heavy (non-hydrogen) atoms. The van der Waals surface area contributed by atoms with E-state index in [0.717, 1.165) is 5.56 Å². The quantitative estimate of drug-likeness (QED) is 0.689. The molecule has 6 heteroatoms. The number of nitrogens with zero attached hydrogens (tertiary/aromatic N) is 1. The summed E-state index contributed by atoms with van der Waals surface area (Å²) in [6.45, 7) is 2.11. The summed E-state index contributed by atoms with van der Waals surface area (Å²) in [5.74, 6) is -0.744. The van der Waals surface area contributed by atoms with E-state index < -0.39 is 11.9 Å². The van der Waals surface area contributed by atoms with Crippen LogP contribution in [0.5, 0.6) is 0 Å². The smallest absolute Gasteiger partial charge is 0.342 e. The lowest BCUT2D eigenvalue weighted by molar-refractivity contribution is -0.143. The molecule has 0 spiro atoms. The summed E-state index contributed by atoms with van der Waals surface area (Å²) in [6.07, 6.45) is 0. The molecule has 0 bridgehead atoms. The van der Waals surface area contributed by atoms with E-state index >= 15 is 0 Å². The van der Waals surface area contributed by atoms with Gasteiger partial charge in [0.15, 0.2) is 0 Å². The topological polar surface area (TPSA) is 83.5 Å². The molecule has 0 atom stereocenters. The molecule has 0 fully saturated rings. The molecule has 6 nitrogen and oxygen atoms in total. The number of aromatic nitrogens is 1. The number of rotatable bonds is 6. The second-order valence-corrected chi connectivity index (χ2v) is 5.73. The average molecular weight is 352 g/mol. The van der Waals surface area contributed by atoms with Crippen LogP contribution in [-0.2, 0) is 27.4 Å². The van der Waals surface area contributed by atoms with Gasteiger partial charge in [-0.3, -0.25) is 4.79 Å². The van der Waals surface area contributed by atoms with Crippen LogP contribution in [0.1, 0.15) is 22.8 Å². The summed E-state index contributed by atoms with van der Waals surface area (Å²) in [7, 11) is 0. The third kappa shape index (κ3) is 3.54. The first-order chi connectivity index (χ1) is 12.6. The van der Waals surface area contributed by atoms with Crippen molar-refractivity contribution < 1.29 is 19.1 Å². The number of fused-ring (bicyclic) bond motifs is 1. The molecule has 0 saturated heterocycles. The van der Waals surface area contributed by atoms with Gasteiger partial charge in [0.25, 0.3) is 0 Å². The van der Waals surface area contributed by atoms with Crippen molar-refractivity contribution in [2.45, 2.75) is 20.1 Å². The predicted molar refractivity (Wildman–Crippen MR) is 98.5 cm³/mol. The van der Waals surface area contributed by atoms with Crippen molar-refractivity contribution in [3.63, 3.8) is 0 Å². The van der Waals surface area contributed by atoms with Crippen LogP contribution in [0.15, 0.2) is 54.6 Å². The van der Waals surface area contributed by atoms with Gasteiger partial charge in [-0.05, 0) is 18.6 Å². The van der Waals surface area contributed by atoms with Crippen LogP contribution in [0.3, 0.4) is 0 Å².